The van der Waals surface area contributed by atoms with Crippen LogP contribution in [-0.4, -0.2) is 29.1 Å². The maximum atomic E-state index is 12.9. The second-order valence-corrected chi connectivity index (χ2v) is 14.5. The van der Waals surface area contributed by atoms with E-state index in [1.807, 2.05) is 30.3 Å². The first kappa shape index (κ1) is 20.6. The van der Waals surface area contributed by atoms with Crippen LogP contribution in [0.5, 0.6) is 0 Å². The van der Waals surface area contributed by atoms with E-state index in [9.17, 15) is 4.57 Å². The predicted octanol–water partition coefficient (Wildman–Crippen LogP) is 5.63. The summed E-state index contributed by atoms with van der Waals surface area (Å²) in [6, 6.07) is 9.74. The summed E-state index contributed by atoms with van der Waals surface area (Å²) in [5, 5.41) is 0.154. The monoisotopic (exact) mass is 358 g/mol. The summed E-state index contributed by atoms with van der Waals surface area (Å²) in [5.74, 6) is 0. The fourth-order valence-electron chi connectivity index (χ4n) is 2.15. The van der Waals surface area contributed by atoms with Gasteiger partial charge in [0.2, 0.25) is 0 Å². The van der Waals surface area contributed by atoms with Crippen LogP contribution in [-0.2, 0) is 18.0 Å². The normalized spacial score (nSPS) is 14.7. The standard InChI is InChI=1S/C17H31O4PSi/c1-17(2,3)23(6,7)21-14-13-16(22(18,19-4)20-5)15-11-9-8-10-12-15/h8-12,16H,13-14H2,1-7H3. The Morgan fingerprint density at radius 2 is 1.61 bits per heavy atom. The molecule has 0 saturated carbocycles. The van der Waals surface area contributed by atoms with Gasteiger partial charge >= 0.3 is 7.60 Å². The molecule has 0 amide bonds. The van der Waals surface area contributed by atoms with Crippen LogP contribution in [0.15, 0.2) is 30.3 Å². The van der Waals surface area contributed by atoms with Crippen LogP contribution in [0, 0.1) is 0 Å². The highest BCUT2D eigenvalue weighted by molar-refractivity contribution is 7.54. The molecular weight excluding hydrogens is 327 g/mol. The molecule has 6 heteroatoms. The van der Waals surface area contributed by atoms with E-state index in [0.29, 0.717) is 13.0 Å². The van der Waals surface area contributed by atoms with Gasteiger partial charge in [0.15, 0.2) is 8.32 Å². The Morgan fingerprint density at radius 3 is 2.04 bits per heavy atom. The number of hydrogen-bond acceptors (Lipinski definition) is 4. The molecule has 0 aliphatic rings. The fourth-order valence-corrected chi connectivity index (χ4v) is 4.83. The van der Waals surface area contributed by atoms with Gasteiger partial charge in [-0.15, -0.1) is 0 Å². The maximum Gasteiger partial charge on any atom is 0.337 e. The highest BCUT2D eigenvalue weighted by Gasteiger charge is 2.39. The molecule has 1 aromatic carbocycles. The van der Waals surface area contributed by atoms with Crippen molar-refractivity contribution >= 4 is 15.9 Å². The first-order valence-electron chi connectivity index (χ1n) is 7.97. The summed E-state index contributed by atoms with van der Waals surface area (Å²) in [6.45, 7) is 11.6. The van der Waals surface area contributed by atoms with Crippen LogP contribution in [0.3, 0.4) is 0 Å². The van der Waals surface area contributed by atoms with Gasteiger partial charge in [-0.3, -0.25) is 4.57 Å². The molecule has 23 heavy (non-hydrogen) atoms. The molecule has 0 heterocycles. The lowest BCUT2D eigenvalue weighted by Gasteiger charge is -2.36. The second-order valence-electron chi connectivity index (χ2n) is 7.23. The summed E-state index contributed by atoms with van der Waals surface area (Å²) < 4.78 is 29.6. The smallest absolute Gasteiger partial charge is 0.337 e. The van der Waals surface area contributed by atoms with Crippen LogP contribution in [0.1, 0.15) is 38.4 Å². The Bertz CT molecular complexity index is 517. The Morgan fingerprint density at radius 1 is 1.09 bits per heavy atom. The Hall–Kier alpha value is -0.453. The van der Waals surface area contributed by atoms with Crippen LogP contribution in [0.4, 0.5) is 0 Å². The van der Waals surface area contributed by atoms with Crippen LogP contribution in [0.25, 0.3) is 0 Å². The summed E-state index contributed by atoms with van der Waals surface area (Å²) in [4.78, 5) is 0. The molecule has 0 radical (unpaired) electrons. The van der Waals surface area contributed by atoms with Gasteiger partial charge in [0.25, 0.3) is 0 Å². The number of rotatable bonds is 8. The van der Waals surface area contributed by atoms with Crippen molar-refractivity contribution in [2.24, 2.45) is 0 Å². The van der Waals surface area contributed by atoms with Crippen molar-refractivity contribution in [1.82, 2.24) is 0 Å². The van der Waals surface area contributed by atoms with Crippen molar-refractivity contribution < 1.29 is 18.0 Å². The summed E-state index contributed by atoms with van der Waals surface area (Å²) in [6.07, 6.45) is 0.607. The Labute approximate surface area is 142 Å². The largest absolute Gasteiger partial charge is 0.417 e. The first-order chi connectivity index (χ1) is 10.6. The number of hydrogen-bond donors (Lipinski definition) is 0. The van der Waals surface area contributed by atoms with Gasteiger partial charge in [0, 0.05) is 20.8 Å². The molecule has 0 N–H and O–H groups in total. The molecule has 1 atom stereocenters. The van der Waals surface area contributed by atoms with E-state index in [2.05, 4.69) is 33.9 Å². The minimum Gasteiger partial charge on any atom is -0.417 e. The van der Waals surface area contributed by atoms with Crippen molar-refractivity contribution in [3.63, 3.8) is 0 Å². The summed E-state index contributed by atoms with van der Waals surface area (Å²) in [5.41, 5.74) is 0.641. The third kappa shape index (κ3) is 5.26. The Balaban J connectivity index is 2.90. The lowest BCUT2D eigenvalue weighted by molar-refractivity contribution is 0.244. The lowest BCUT2D eigenvalue weighted by atomic mass is 10.1. The molecule has 0 aliphatic carbocycles. The fraction of sp³-hybridized carbons (Fsp3) is 0.647. The van der Waals surface area contributed by atoms with E-state index >= 15 is 0 Å². The van der Waals surface area contributed by atoms with Gasteiger partial charge < -0.3 is 13.5 Å². The zero-order valence-electron chi connectivity index (χ0n) is 15.5. The maximum absolute atomic E-state index is 12.9. The summed E-state index contributed by atoms with van der Waals surface area (Å²) >= 11 is 0. The zero-order valence-corrected chi connectivity index (χ0v) is 17.4. The van der Waals surface area contributed by atoms with Gasteiger partial charge in [-0.25, -0.2) is 0 Å². The highest BCUT2D eigenvalue weighted by atomic mass is 31.2. The van der Waals surface area contributed by atoms with Crippen molar-refractivity contribution in [1.29, 1.82) is 0 Å². The van der Waals surface area contributed by atoms with E-state index in [4.69, 9.17) is 13.5 Å². The molecular formula is C17H31O4PSi. The molecule has 132 valence electrons. The predicted molar refractivity (Wildman–Crippen MR) is 98.6 cm³/mol. The second kappa shape index (κ2) is 8.08. The van der Waals surface area contributed by atoms with Gasteiger partial charge in [0.1, 0.15) is 0 Å². The van der Waals surface area contributed by atoms with Crippen molar-refractivity contribution in [3.05, 3.63) is 35.9 Å². The van der Waals surface area contributed by atoms with E-state index in [0.717, 1.165) is 5.56 Å². The molecule has 0 aliphatic heterocycles. The topological polar surface area (TPSA) is 44.8 Å². The van der Waals surface area contributed by atoms with Crippen LogP contribution < -0.4 is 0 Å². The average molecular weight is 358 g/mol. The molecule has 0 fully saturated rings. The van der Waals surface area contributed by atoms with Gasteiger partial charge in [-0.2, -0.15) is 0 Å². The molecule has 0 spiro atoms. The van der Waals surface area contributed by atoms with E-state index in [1.165, 1.54) is 14.2 Å². The zero-order chi connectivity index (χ0) is 17.7. The van der Waals surface area contributed by atoms with E-state index < -0.39 is 15.9 Å². The van der Waals surface area contributed by atoms with Crippen LogP contribution >= 0.6 is 7.60 Å². The van der Waals surface area contributed by atoms with Crippen molar-refractivity contribution in [2.75, 3.05) is 20.8 Å². The van der Waals surface area contributed by atoms with Gasteiger partial charge in [-0.1, -0.05) is 51.1 Å². The SMILES string of the molecule is COP(=O)(OC)C(CCO[Si](C)(C)C(C)(C)C)c1ccccc1. The van der Waals surface area contributed by atoms with Gasteiger partial charge in [-0.05, 0) is 30.1 Å². The third-order valence-corrected chi connectivity index (χ3v) is 11.6. The van der Waals surface area contributed by atoms with E-state index in [1.54, 1.807) is 0 Å². The van der Waals surface area contributed by atoms with Crippen molar-refractivity contribution in [2.45, 2.75) is 51.0 Å². The van der Waals surface area contributed by atoms with Gasteiger partial charge in [0.05, 0.1) is 5.66 Å². The quantitative estimate of drug-likeness (QED) is 0.446. The Kier molecular flexibility index (Phi) is 7.24. The highest BCUT2D eigenvalue weighted by Crippen LogP contribution is 2.61. The molecule has 1 rings (SSSR count). The average Bonchev–Trinajstić information content (AvgIpc) is 2.50. The lowest BCUT2D eigenvalue weighted by Crippen LogP contribution is -2.41. The third-order valence-electron chi connectivity index (χ3n) is 4.74. The number of benzene rings is 1. The molecule has 0 saturated heterocycles. The minimum absolute atomic E-state index is 0.154. The molecule has 1 aromatic rings. The molecule has 1 unspecified atom stereocenters. The molecule has 0 aromatic heterocycles. The summed E-state index contributed by atoms with van der Waals surface area (Å²) in [7, 11) is -2.15. The van der Waals surface area contributed by atoms with Crippen LogP contribution in [0.2, 0.25) is 18.1 Å². The molecule has 0 bridgehead atoms. The first-order valence-corrected chi connectivity index (χ1v) is 12.5. The van der Waals surface area contributed by atoms with Crippen molar-refractivity contribution in [3.8, 4) is 0 Å². The van der Waals surface area contributed by atoms with E-state index in [-0.39, 0.29) is 10.7 Å². The minimum atomic E-state index is -3.20. The molecule has 4 nitrogen and oxygen atoms in total.